The highest BCUT2D eigenvalue weighted by atomic mass is 35.5. The average molecular weight is 445 g/mol. The lowest BCUT2D eigenvalue weighted by molar-refractivity contribution is 0.0936. The van der Waals surface area contributed by atoms with E-state index in [-0.39, 0.29) is 24.6 Å². The van der Waals surface area contributed by atoms with E-state index < -0.39 is 0 Å². The second-order valence-corrected chi connectivity index (χ2v) is 8.84. The van der Waals surface area contributed by atoms with E-state index in [2.05, 4.69) is 43.1 Å². The third kappa shape index (κ3) is 4.03. The summed E-state index contributed by atoms with van der Waals surface area (Å²) in [6, 6.07) is 5.63. The molecule has 0 bridgehead atoms. The number of carbonyl (C=O) groups is 1. The summed E-state index contributed by atoms with van der Waals surface area (Å²) in [4.78, 5) is 18.2. The molecule has 158 valence electrons. The van der Waals surface area contributed by atoms with Crippen molar-refractivity contribution in [3.8, 4) is 0 Å². The summed E-state index contributed by atoms with van der Waals surface area (Å²) in [5.41, 5.74) is 5.70. The molecule has 0 saturated carbocycles. The highest BCUT2D eigenvalue weighted by molar-refractivity contribution is 6.31. The Balaban J connectivity index is 1.82. The molecule has 2 aliphatic rings. The normalized spacial score (nSPS) is 18.8. The van der Waals surface area contributed by atoms with Gasteiger partial charge in [0.25, 0.3) is 0 Å². The van der Waals surface area contributed by atoms with Gasteiger partial charge in [0.05, 0.1) is 5.88 Å². The Hall–Kier alpha value is -2.17. The number of aromatic nitrogens is 1. The van der Waals surface area contributed by atoms with Crippen molar-refractivity contribution in [3.05, 3.63) is 69.9 Å². The molecule has 1 N–H and O–H groups in total. The minimum Gasteiger partial charge on any atom is -0.448 e. The first-order chi connectivity index (χ1) is 14.5. The summed E-state index contributed by atoms with van der Waals surface area (Å²) < 4.78 is 5.40. The monoisotopic (exact) mass is 444 g/mol. The standard InChI is InChI=1S/C24H26Cl2N2O2/c1-15(2)16-4-3-5-17(7-6-16)23-22-19(10-12-28(23)24(29)30-13-11-25)20-14-18(26)8-9-21(20)27-22/h3,5-9,14-15,23,27H,4,10-13H2,1-2H3. The number of fused-ring (bicyclic) bond motifs is 3. The summed E-state index contributed by atoms with van der Waals surface area (Å²) in [5, 5.41) is 1.83. The number of rotatable bonds is 4. The maximum atomic E-state index is 12.9. The van der Waals surface area contributed by atoms with Crippen LogP contribution in [0.25, 0.3) is 10.9 Å². The molecule has 30 heavy (non-hydrogen) atoms. The van der Waals surface area contributed by atoms with Crippen molar-refractivity contribution in [1.82, 2.24) is 9.88 Å². The lowest BCUT2D eigenvalue weighted by atomic mass is 9.92. The van der Waals surface area contributed by atoms with Gasteiger partial charge < -0.3 is 9.72 Å². The molecular weight excluding hydrogens is 419 g/mol. The number of carbonyl (C=O) groups excluding carboxylic acids is 1. The zero-order chi connectivity index (χ0) is 21.3. The van der Waals surface area contributed by atoms with Crippen molar-refractivity contribution in [2.75, 3.05) is 19.0 Å². The molecule has 1 aliphatic carbocycles. The number of allylic oxidation sites excluding steroid dienone is 4. The largest absolute Gasteiger partial charge is 0.448 e. The first kappa shape index (κ1) is 21.1. The van der Waals surface area contributed by atoms with Gasteiger partial charge in [-0.25, -0.2) is 4.79 Å². The van der Waals surface area contributed by atoms with Crippen molar-refractivity contribution in [1.29, 1.82) is 0 Å². The number of hydrogen-bond acceptors (Lipinski definition) is 2. The van der Waals surface area contributed by atoms with E-state index >= 15 is 0 Å². The second kappa shape index (κ2) is 8.91. The van der Waals surface area contributed by atoms with E-state index in [0.29, 0.717) is 17.5 Å². The number of amides is 1. The molecule has 0 radical (unpaired) electrons. The average Bonchev–Trinajstić information content (AvgIpc) is 2.92. The first-order valence-electron chi connectivity index (χ1n) is 10.4. The van der Waals surface area contributed by atoms with Gasteiger partial charge in [0.15, 0.2) is 0 Å². The Bertz CT molecular complexity index is 1050. The van der Waals surface area contributed by atoms with Gasteiger partial charge in [-0.15, -0.1) is 11.6 Å². The minimum atomic E-state index is -0.338. The molecule has 0 fully saturated rings. The molecule has 1 atom stereocenters. The van der Waals surface area contributed by atoms with Crippen LogP contribution >= 0.6 is 23.2 Å². The van der Waals surface area contributed by atoms with Crippen LogP contribution < -0.4 is 0 Å². The van der Waals surface area contributed by atoms with E-state index in [1.165, 1.54) is 11.1 Å². The van der Waals surface area contributed by atoms with Crippen molar-refractivity contribution >= 4 is 40.2 Å². The van der Waals surface area contributed by atoms with E-state index in [0.717, 1.165) is 35.0 Å². The van der Waals surface area contributed by atoms with Crippen molar-refractivity contribution in [2.24, 2.45) is 5.92 Å². The highest BCUT2D eigenvalue weighted by Gasteiger charge is 2.36. The Morgan fingerprint density at radius 1 is 1.33 bits per heavy atom. The third-order valence-electron chi connectivity index (χ3n) is 5.84. The van der Waals surface area contributed by atoms with Gasteiger partial charge in [0.1, 0.15) is 12.6 Å². The molecule has 4 nitrogen and oxygen atoms in total. The van der Waals surface area contributed by atoms with Crippen LogP contribution in [0.5, 0.6) is 0 Å². The van der Waals surface area contributed by atoms with Crippen molar-refractivity contribution in [2.45, 2.75) is 32.7 Å². The van der Waals surface area contributed by atoms with Crippen LogP contribution in [0.15, 0.2) is 53.6 Å². The smallest absolute Gasteiger partial charge is 0.410 e. The number of halogens is 2. The molecule has 0 spiro atoms. The van der Waals surface area contributed by atoms with Crippen LogP contribution in [0, 0.1) is 5.92 Å². The van der Waals surface area contributed by atoms with Crippen LogP contribution in [-0.4, -0.2) is 35.0 Å². The van der Waals surface area contributed by atoms with Gasteiger partial charge in [-0.2, -0.15) is 0 Å². The van der Waals surface area contributed by atoms with Gasteiger partial charge in [-0.05, 0) is 48.1 Å². The molecule has 2 heterocycles. The SMILES string of the molecule is CC(C)C1=CC=C(C2c3[nH]c4ccc(Cl)cc4c3CCN2C(=O)OCCCl)C=CC1. The number of alkyl halides is 1. The van der Waals surface area contributed by atoms with Crippen molar-refractivity contribution in [3.63, 3.8) is 0 Å². The first-order valence-corrected chi connectivity index (χ1v) is 11.3. The summed E-state index contributed by atoms with van der Waals surface area (Å²) in [7, 11) is 0. The van der Waals surface area contributed by atoms with Crippen LogP contribution in [0.4, 0.5) is 4.79 Å². The summed E-state index contributed by atoms with van der Waals surface area (Å²) in [6.07, 6.45) is 9.96. The van der Waals surface area contributed by atoms with Gasteiger partial charge in [0.2, 0.25) is 0 Å². The fourth-order valence-corrected chi connectivity index (χ4v) is 4.53. The number of aromatic amines is 1. The molecule has 4 rings (SSSR count). The molecule has 2 aromatic rings. The summed E-state index contributed by atoms with van der Waals surface area (Å²) in [5.74, 6) is 0.760. The predicted octanol–water partition coefficient (Wildman–Crippen LogP) is 6.56. The number of nitrogens with one attached hydrogen (secondary N) is 1. The van der Waals surface area contributed by atoms with E-state index in [9.17, 15) is 4.79 Å². The molecule has 1 unspecified atom stereocenters. The molecule has 0 saturated heterocycles. The van der Waals surface area contributed by atoms with E-state index in [1.54, 1.807) is 4.90 Å². The Morgan fingerprint density at radius 3 is 2.93 bits per heavy atom. The van der Waals surface area contributed by atoms with E-state index in [4.69, 9.17) is 27.9 Å². The van der Waals surface area contributed by atoms with Crippen molar-refractivity contribution < 1.29 is 9.53 Å². The Morgan fingerprint density at radius 2 is 2.17 bits per heavy atom. The molecule has 1 aliphatic heterocycles. The number of H-pyrrole nitrogens is 1. The zero-order valence-electron chi connectivity index (χ0n) is 17.3. The Labute approximate surface area is 187 Å². The van der Waals surface area contributed by atoms with E-state index in [1.807, 2.05) is 18.2 Å². The molecule has 1 aromatic heterocycles. The molecule has 1 aromatic carbocycles. The fourth-order valence-electron chi connectivity index (χ4n) is 4.28. The third-order valence-corrected chi connectivity index (χ3v) is 6.23. The summed E-state index contributed by atoms with van der Waals surface area (Å²) in [6.45, 7) is 5.18. The number of hydrogen-bond donors (Lipinski definition) is 1. The van der Waals surface area contributed by atoms with Gasteiger partial charge in [-0.1, -0.05) is 55.3 Å². The topological polar surface area (TPSA) is 45.3 Å². The molecular formula is C24H26Cl2N2O2. The highest BCUT2D eigenvalue weighted by Crippen LogP contribution is 2.40. The number of benzene rings is 1. The fraction of sp³-hybridized carbons (Fsp3) is 0.375. The number of nitrogens with zero attached hydrogens (tertiary/aromatic N) is 1. The minimum absolute atomic E-state index is 0.199. The summed E-state index contributed by atoms with van der Waals surface area (Å²) >= 11 is 12.0. The number of ether oxygens (including phenoxy) is 1. The van der Waals surface area contributed by atoms with Crippen LogP contribution in [0.2, 0.25) is 5.02 Å². The van der Waals surface area contributed by atoms with Crippen LogP contribution in [0.3, 0.4) is 0 Å². The van der Waals surface area contributed by atoms with Crippen LogP contribution in [-0.2, 0) is 11.2 Å². The Kier molecular flexibility index (Phi) is 6.26. The lowest BCUT2D eigenvalue weighted by Crippen LogP contribution is -2.41. The maximum Gasteiger partial charge on any atom is 0.410 e. The molecule has 1 amide bonds. The second-order valence-electron chi connectivity index (χ2n) is 8.03. The predicted molar refractivity (Wildman–Crippen MR) is 123 cm³/mol. The zero-order valence-corrected chi connectivity index (χ0v) is 18.8. The molecule has 6 heteroatoms. The van der Waals surface area contributed by atoms with Gasteiger partial charge in [-0.3, -0.25) is 4.90 Å². The van der Waals surface area contributed by atoms with Gasteiger partial charge >= 0.3 is 6.09 Å². The lowest BCUT2D eigenvalue weighted by Gasteiger charge is -2.35. The quantitative estimate of drug-likeness (QED) is 0.542. The maximum absolute atomic E-state index is 12.9. The van der Waals surface area contributed by atoms with Gasteiger partial charge in [0, 0.05) is 28.2 Å². The van der Waals surface area contributed by atoms with Crippen LogP contribution in [0.1, 0.15) is 37.6 Å².